The number of hydrogen-bond acceptors (Lipinski definition) is 7. The van der Waals surface area contributed by atoms with E-state index in [0.29, 0.717) is 48.5 Å². The van der Waals surface area contributed by atoms with Gasteiger partial charge in [0.25, 0.3) is 0 Å². The standard InChI is InChI=1S/C23H26ClN5O3/c1-14-23(30)25-7-4-8-32-21-10-17-19(11-20(21)31-3)26-13-27-22(17)28-18-9-16(24)6-5-15(18)12-29(14)2/h5-6,9-11,13-14H,4,7-8,12H2,1-3H3,(H,25,30)(H,26,27,28). The fourth-order valence-electron chi connectivity index (χ4n) is 3.59. The number of benzene rings is 2. The zero-order valence-corrected chi connectivity index (χ0v) is 19.1. The molecule has 1 atom stereocenters. The molecular weight excluding hydrogens is 430 g/mol. The molecule has 0 saturated heterocycles. The van der Waals surface area contributed by atoms with Gasteiger partial charge in [-0.1, -0.05) is 17.7 Å². The van der Waals surface area contributed by atoms with Crippen LogP contribution >= 0.6 is 11.6 Å². The van der Waals surface area contributed by atoms with Crippen molar-refractivity contribution in [3.8, 4) is 11.5 Å². The Balaban J connectivity index is 1.81. The number of likely N-dealkylation sites (N-methyl/N-ethyl adjacent to an activating group) is 1. The molecular formula is C23H26ClN5O3. The molecule has 1 aliphatic rings. The maximum atomic E-state index is 12.6. The average Bonchev–Trinajstić information content (AvgIpc) is 2.79. The predicted octanol–water partition coefficient (Wildman–Crippen LogP) is 3.75. The number of ether oxygens (including phenoxy) is 2. The van der Waals surface area contributed by atoms with Crippen molar-refractivity contribution in [1.29, 1.82) is 0 Å². The van der Waals surface area contributed by atoms with Crippen molar-refractivity contribution in [2.24, 2.45) is 0 Å². The Hall–Kier alpha value is -3.10. The molecule has 9 heteroatoms. The van der Waals surface area contributed by atoms with E-state index < -0.39 is 0 Å². The van der Waals surface area contributed by atoms with Crippen LogP contribution in [-0.4, -0.2) is 54.1 Å². The predicted molar refractivity (Wildman–Crippen MR) is 125 cm³/mol. The third kappa shape index (κ3) is 4.71. The van der Waals surface area contributed by atoms with Gasteiger partial charge in [-0.3, -0.25) is 9.69 Å². The Kier molecular flexibility index (Phi) is 6.62. The number of nitrogens with one attached hydrogen (secondary N) is 2. The summed E-state index contributed by atoms with van der Waals surface area (Å²) < 4.78 is 11.5. The number of nitrogens with zero attached hydrogens (tertiary/aromatic N) is 3. The maximum Gasteiger partial charge on any atom is 0.237 e. The number of carbonyl (C=O) groups is 1. The molecule has 0 spiro atoms. The van der Waals surface area contributed by atoms with Gasteiger partial charge in [-0.2, -0.15) is 0 Å². The molecule has 168 valence electrons. The van der Waals surface area contributed by atoms with Gasteiger partial charge in [0.2, 0.25) is 5.91 Å². The second-order valence-corrected chi connectivity index (χ2v) is 8.19. The number of halogens is 1. The van der Waals surface area contributed by atoms with E-state index in [1.807, 2.05) is 49.2 Å². The summed E-state index contributed by atoms with van der Waals surface area (Å²) in [6, 6.07) is 9.05. The molecule has 2 heterocycles. The molecule has 0 aliphatic carbocycles. The van der Waals surface area contributed by atoms with Gasteiger partial charge in [0, 0.05) is 35.3 Å². The zero-order chi connectivity index (χ0) is 22.7. The molecule has 1 aliphatic heterocycles. The summed E-state index contributed by atoms with van der Waals surface area (Å²) in [5.41, 5.74) is 2.53. The van der Waals surface area contributed by atoms with Gasteiger partial charge < -0.3 is 20.1 Å². The monoisotopic (exact) mass is 455 g/mol. The highest BCUT2D eigenvalue weighted by molar-refractivity contribution is 6.30. The van der Waals surface area contributed by atoms with Crippen molar-refractivity contribution in [2.75, 3.05) is 32.6 Å². The summed E-state index contributed by atoms with van der Waals surface area (Å²) in [4.78, 5) is 23.4. The molecule has 1 aromatic heterocycles. The maximum absolute atomic E-state index is 12.6. The minimum Gasteiger partial charge on any atom is -0.493 e. The SMILES string of the molecule is COc1cc2ncnc3c2cc1OCCCNC(=O)C(C)N(C)Cc1ccc(Cl)cc1N3. The molecule has 32 heavy (non-hydrogen) atoms. The third-order valence-electron chi connectivity index (χ3n) is 5.58. The Labute approximate surface area is 191 Å². The topological polar surface area (TPSA) is 88.6 Å². The van der Waals surface area contributed by atoms with Gasteiger partial charge >= 0.3 is 0 Å². The largest absolute Gasteiger partial charge is 0.493 e. The van der Waals surface area contributed by atoms with Crippen molar-refractivity contribution in [3.63, 3.8) is 0 Å². The number of amides is 1. The molecule has 0 saturated carbocycles. The van der Waals surface area contributed by atoms with Crippen LogP contribution in [0.5, 0.6) is 11.5 Å². The number of carbonyl (C=O) groups excluding carboxylic acids is 1. The van der Waals surface area contributed by atoms with E-state index in [-0.39, 0.29) is 11.9 Å². The molecule has 4 rings (SSSR count). The van der Waals surface area contributed by atoms with E-state index >= 15 is 0 Å². The number of fused-ring (bicyclic) bond motifs is 2. The number of methoxy groups -OCH3 is 1. The first-order chi connectivity index (χ1) is 15.5. The minimum atomic E-state index is -0.300. The van der Waals surface area contributed by atoms with Crippen LogP contribution < -0.4 is 20.1 Å². The Morgan fingerprint density at radius 2 is 2.09 bits per heavy atom. The fourth-order valence-corrected chi connectivity index (χ4v) is 3.76. The van der Waals surface area contributed by atoms with E-state index in [4.69, 9.17) is 21.1 Å². The van der Waals surface area contributed by atoms with E-state index in [0.717, 1.165) is 22.2 Å². The Morgan fingerprint density at radius 1 is 1.25 bits per heavy atom. The van der Waals surface area contributed by atoms with Gasteiger partial charge in [0.1, 0.15) is 12.1 Å². The second-order valence-electron chi connectivity index (χ2n) is 7.75. The molecule has 1 unspecified atom stereocenters. The zero-order valence-electron chi connectivity index (χ0n) is 18.3. The van der Waals surface area contributed by atoms with Gasteiger partial charge in [-0.05, 0) is 44.2 Å². The normalized spacial score (nSPS) is 17.9. The third-order valence-corrected chi connectivity index (χ3v) is 5.82. The lowest BCUT2D eigenvalue weighted by Gasteiger charge is -2.25. The minimum absolute atomic E-state index is 0.0276. The molecule has 2 aromatic carbocycles. The van der Waals surface area contributed by atoms with Gasteiger partial charge in [0.05, 0.1) is 25.3 Å². The summed E-state index contributed by atoms with van der Waals surface area (Å²) in [5, 5.41) is 7.79. The quantitative estimate of drug-likeness (QED) is 0.577. The summed E-state index contributed by atoms with van der Waals surface area (Å²) >= 11 is 6.30. The van der Waals surface area contributed by atoms with Crippen LogP contribution in [0.2, 0.25) is 5.02 Å². The summed E-state index contributed by atoms with van der Waals surface area (Å²) in [6.07, 6.45) is 2.17. The first-order valence-corrected chi connectivity index (χ1v) is 10.8. The first-order valence-electron chi connectivity index (χ1n) is 10.4. The lowest BCUT2D eigenvalue weighted by molar-refractivity contribution is -0.125. The van der Waals surface area contributed by atoms with Crippen LogP contribution in [0, 0.1) is 0 Å². The van der Waals surface area contributed by atoms with Crippen molar-refractivity contribution in [2.45, 2.75) is 25.9 Å². The second kappa shape index (κ2) is 9.58. The molecule has 3 aromatic rings. The van der Waals surface area contributed by atoms with Crippen LogP contribution in [0.25, 0.3) is 10.9 Å². The van der Waals surface area contributed by atoms with Crippen molar-refractivity contribution >= 4 is 39.9 Å². The summed E-state index contributed by atoms with van der Waals surface area (Å²) in [5.74, 6) is 1.79. The van der Waals surface area contributed by atoms with Crippen LogP contribution in [-0.2, 0) is 11.3 Å². The van der Waals surface area contributed by atoms with Gasteiger partial charge in [0.15, 0.2) is 11.5 Å². The van der Waals surface area contributed by atoms with E-state index in [1.165, 1.54) is 6.33 Å². The molecule has 2 bridgehead atoms. The number of anilines is 2. The Bertz CT molecular complexity index is 1140. The molecule has 1 amide bonds. The van der Waals surface area contributed by atoms with Gasteiger partial charge in [-0.15, -0.1) is 0 Å². The first kappa shape index (κ1) is 22.1. The van der Waals surface area contributed by atoms with Crippen LogP contribution in [0.15, 0.2) is 36.7 Å². The van der Waals surface area contributed by atoms with E-state index in [2.05, 4.69) is 20.6 Å². The van der Waals surface area contributed by atoms with Gasteiger partial charge in [-0.25, -0.2) is 9.97 Å². The number of aromatic nitrogens is 2. The number of rotatable bonds is 1. The Morgan fingerprint density at radius 3 is 2.91 bits per heavy atom. The fraction of sp³-hybridized carbons (Fsp3) is 0.348. The summed E-state index contributed by atoms with van der Waals surface area (Å²) in [7, 11) is 3.52. The highest BCUT2D eigenvalue weighted by atomic mass is 35.5. The van der Waals surface area contributed by atoms with Crippen molar-refractivity contribution in [1.82, 2.24) is 20.2 Å². The van der Waals surface area contributed by atoms with Crippen LogP contribution in [0.3, 0.4) is 0 Å². The van der Waals surface area contributed by atoms with Crippen LogP contribution in [0.1, 0.15) is 18.9 Å². The summed E-state index contributed by atoms with van der Waals surface area (Å²) in [6.45, 7) is 3.40. The molecule has 0 radical (unpaired) electrons. The highest BCUT2D eigenvalue weighted by Gasteiger charge is 2.20. The lowest BCUT2D eigenvalue weighted by Crippen LogP contribution is -2.43. The average molecular weight is 456 g/mol. The van der Waals surface area contributed by atoms with Crippen LogP contribution in [0.4, 0.5) is 11.5 Å². The number of hydrogen-bond donors (Lipinski definition) is 2. The lowest BCUT2D eigenvalue weighted by atomic mass is 10.1. The highest BCUT2D eigenvalue weighted by Crippen LogP contribution is 2.35. The molecule has 0 fully saturated rings. The van der Waals surface area contributed by atoms with E-state index in [1.54, 1.807) is 7.11 Å². The van der Waals surface area contributed by atoms with Crippen molar-refractivity contribution < 1.29 is 14.3 Å². The molecule has 8 nitrogen and oxygen atoms in total. The van der Waals surface area contributed by atoms with Crippen molar-refractivity contribution in [3.05, 3.63) is 47.2 Å². The smallest absolute Gasteiger partial charge is 0.237 e. The van der Waals surface area contributed by atoms with E-state index in [9.17, 15) is 4.79 Å². The molecule has 2 N–H and O–H groups in total.